The summed E-state index contributed by atoms with van der Waals surface area (Å²) >= 11 is 0. The number of Topliss-reactive ketones (excluding diaryl/α,β-unsaturated/α-hetero) is 1. The van der Waals surface area contributed by atoms with Gasteiger partial charge in [0.15, 0.2) is 17.3 Å². The van der Waals surface area contributed by atoms with E-state index in [1.807, 2.05) is 18.2 Å². The lowest BCUT2D eigenvalue weighted by molar-refractivity contribution is 0.0696. The number of nitrogens with one attached hydrogen (secondary N) is 1. The van der Waals surface area contributed by atoms with E-state index in [0.29, 0.717) is 39.6 Å². The number of carboxylic acid groups (broad SMARTS) is 1. The van der Waals surface area contributed by atoms with Crippen LogP contribution < -0.4 is 14.8 Å². The van der Waals surface area contributed by atoms with Crippen LogP contribution in [-0.4, -0.2) is 31.1 Å². The molecule has 0 saturated carbocycles. The molecule has 0 atom stereocenters. The molecule has 0 aliphatic heterocycles. The number of carbonyl (C=O) groups is 2. The van der Waals surface area contributed by atoms with Gasteiger partial charge in [0.2, 0.25) is 0 Å². The number of ether oxygens (including phenoxy) is 2. The second-order valence-corrected chi connectivity index (χ2v) is 6.71. The first-order valence-corrected chi connectivity index (χ1v) is 9.24. The van der Waals surface area contributed by atoms with Crippen molar-refractivity contribution in [2.24, 2.45) is 0 Å². The summed E-state index contributed by atoms with van der Waals surface area (Å²) in [5.74, 6) is -0.0580. The summed E-state index contributed by atoms with van der Waals surface area (Å²) in [5, 5.41) is 12.5. The van der Waals surface area contributed by atoms with Crippen molar-refractivity contribution in [2.45, 2.75) is 0 Å². The molecule has 3 aromatic carbocycles. The molecular formula is C24H19NO5. The maximum atomic E-state index is 13.3. The molecule has 0 aromatic heterocycles. The van der Waals surface area contributed by atoms with Crippen molar-refractivity contribution in [2.75, 3.05) is 19.5 Å². The number of benzene rings is 3. The van der Waals surface area contributed by atoms with E-state index >= 15 is 0 Å². The zero-order chi connectivity index (χ0) is 21.3. The Kier molecular flexibility index (Phi) is 4.98. The first-order valence-electron chi connectivity index (χ1n) is 9.24. The Morgan fingerprint density at radius 1 is 0.867 bits per heavy atom. The summed E-state index contributed by atoms with van der Waals surface area (Å²) in [6, 6.07) is 19.1. The number of allylic oxidation sites excluding steroid dienone is 1. The molecule has 2 N–H and O–H groups in total. The quantitative estimate of drug-likeness (QED) is 0.629. The Bertz CT molecular complexity index is 1200. The van der Waals surface area contributed by atoms with Crippen LogP contribution in [0, 0.1) is 0 Å². The standard InChI is InChI=1S/C24H19NO5/c1-29-19-11-10-14(13-20(19)30-2)21-22(17-8-3-4-9-18(17)23(21)26)25-16-7-5-6-15(12-16)24(27)28/h3-13,25H,1-2H3,(H,27,28). The van der Waals surface area contributed by atoms with Crippen LogP contribution in [0.1, 0.15) is 31.8 Å². The minimum Gasteiger partial charge on any atom is -0.493 e. The maximum absolute atomic E-state index is 13.3. The van der Waals surface area contributed by atoms with Gasteiger partial charge in [-0.05, 0) is 35.9 Å². The van der Waals surface area contributed by atoms with Gasteiger partial charge >= 0.3 is 5.97 Å². The summed E-state index contributed by atoms with van der Waals surface area (Å²) in [7, 11) is 3.09. The highest BCUT2D eigenvalue weighted by molar-refractivity contribution is 6.40. The van der Waals surface area contributed by atoms with Crippen molar-refractivity contribution in [3.63, 3.8) is 0 Å². The fourth-order valence-corrected chi connectivity index (χ4v) is 3.55. The van der Waals surface area contributed by atoms with E-state index in [4.69, 9.17) is 9.47 Å². The molecule has 0 amide bonds. The van der Waals surface area contributed by atoms with Crippen molar-refractivity contribution >= 4 is 28.7 Å². The third-order valence-electron chi connectivity index (χ3n) is 4.97. The van der Waals surface area contributed by atoms with E-state index in [1.54, 1.807) is 43.5 Å². The molecule has 0 spiro atoms. The zero-order valence-corrected chi connectivity index (χ0v) is 16.4. The molecule has 6 heteroatoms. The zero-order valence-electron chi connectivity index (χ0n) is 16.4. The van der Waals surface area contributed by atoms with Crippen LogP contribution >= 0.6 is 0 Å². The average Bonchev–Trinajstić information content (AvgIpc) is 3.05. The summed E-state index contributed by atoms with van der Waals surface area (Å²) in [4.78, 5) is 24.6. The summed E-state index contributed by atoms with van der Waals surface area (Å²) < 4.78 is 10.7. The monoisotopic (exact) mass is 401 g/mol. The van der Waals surface area contributed by atoms with Gasteiger partial charge in [-0.1, -0.05) is 36.4 Å². The van der Waals surface area contributed by atoms with Gasteiger partial charge in [-0.25, -0.2) is 4.79 Å². The van der Waals surface area contributed by atoms with Crippen LogP contribution in [0.4, 0.5) is 5.69 Å². The van der Waals surface area contributed by atoms with Gasteiger partial charge < -0.3 is 19.9 Å². The Labute approximate surface area is 173 Å². The predicted molar refractivity (Wildman–Crippen MR) is 114 cm³/mol. The normalized spacial score (nSPS) is 12.5. The Hall–Kier alpha value is -4.06. The van der Waals surface area contributed by atoms with Gasteiger partial charge in [0.25, 0.3) is 0 Å². The minimum atomic E-state index is -1.02. The molecule has 150 valence electrons. The number of ketones is 1. The summed E-state index contributed by atoms with van der Waals surface area (Å²) in [6.45, 7) is 0. The van der Waals surface area contributed by atoms with E-state index in [1.165, 1.54) is 19.2 Å². The van der Waals surface area contributed by atoms with Gasteiger partial charge in [0, 0.05) is 16.8 Å². The first kappa shape index (κ1) is 19.3. The lowest BCUT2D eigenvalue weighted by atomic mass is 10.0. The molecule has 4 rings (SSSR count). The fourth-order valence-electron chi connectivity index (χ4n) is 3.55. The number of anilines is 1. The fraction of sp³-hybridized carbons (Fsp3) is 0.0833. The highest BCUT2D eigenvalue weighted by atomic mass is 16.5. The number of carbonyl (C=O) groups excluding carboxylic acids is 1. The molecule has 0 bridgehead atoms. The number of rotatable bonds is 6. The van der Waals surface area contributed by atoms with Crippen LogP contribution in [0.2, 0.25) is 0 Å². The molecule has 0 heterocycles. The number of hydrogen-bond donors (Lipinski definition) is 2. The molecule has 0 fully saturated rings. The molecule has 1 aliphatic carbocycles. The molecule has 3 aromatic rings. The van der Waals surface area contributed by atoms with Crippen molar-refractivity contribution in [3.05, 3.63) is 89.0 Å². The molecule has 1 aliphatic rings. The third kappa shape index (κ3) is 3.28. The van der Waals surface area contributed by atoms with E-state index in [0.717, 1.165) is 5.56 Å². The Morgan fingerprint density at radius 3 is 2.30 bits per heavy atom. The second kappa shape index (κ2) is 7.75. The topological polar surface area (TPSA) is 84.9 Å². The first-order chi connectivity index (χ1) is 14.5. The Morgan fingerprint density at radius 2 is 1.60 bits per heavy atom. The van der Waals surface area contributed by atoms with Gasteiger partial charge in [-0.2, -0.15) is 0 Å². The number of fused-ring (bicyclic) bond motifs is 1. The summed E-state index contributed by atoms with van der Waals surface area (Å²) in [5.41, 5.74) is 3.85. The van der Waals surface area contributed by atoms with E-state index < -0.39 is 5.97 Å². The number of aromatic carboxylic acids is 1. The lowest BCUT2D eigenvalue weighted by Gasteiger charge is -2.14. The number of methoxy groups -OCH3 is 2. The van der Waals surface area contributed by atoms with Gasteiger partial charge in [-0.3, -0.25) is 4.79 Å². The van der Waals surface area contributed by atoms with Crippen molar-refractivity contribution < 1.29 is 24.2 Å². The van der Waals surface area contributed by atoms with Crippen LogP contribution in [0.3, 0.4) is 0 Å². The lowest BCUT2D eigenvalue weighted by Crippen LogP contribution is -2.03. The minimum absolute atomic E-state index is 0.116. The SMILES string of the molecule is COc1ccc(C2=C(Nc3cccc(C(=O)O)c3)c3ccccc3C2=O)cc1OC. The van der Waals surface area contributed by atoms with Crippen LogP contribution in [0.5, 0.6) is 11.5 Å². The van der Waals surface area contributed by atoms with E-state index in [9.17, 15) is 14.7 Å². The number of carboxylic acids is 1. The summed E-state index contributed by atoms with van der Waals surface area (Å²) in [6.07, 6.45) is 0. The van der Waals surface area contributed by atoms with Gasteiger partial charge in [-0.15, -0.1) is 0 Å². The highest BCUT2D eigenvalue weighted by Crippen LogP contribution is 2.41. The molecular weight excluding hydrogens is 382 g/mol. The van der Waals surface area contributed by atoms with Crippen LogP contribution in [-0.2, 0) is 0 Å². The second-order valence-electron chi connectivity index (χ2n) is 6.71. The predicted octanol–water partition coefficient (Wildman–Crippen LogP) is 4.58. The van der Waals surface area contributed by atoms with Crippen molar-refractivity contribution in [1.29, 1.82) is 0 Å². The van der Waals surface area contributed by atoms with Gasteiger partial charge in [0.05, 0.1) is 31.1 Å². The smallest absolute Gasteiger partial charge is 0.335 e. The Balaban J connectivity index is 1.87. The van der Waals surface area contributed by atoms with Crippen molar-refractivity contribution in [3.8, 4) is 11.5 Å². The largest absolute Gasteiger partial charge is 0.493 e. The van der Waals surface area contributed by atoms with E-state index in [2.05, 4.69) is 5.32 Å². The van der Waals surface area contributed by atoms with E-state index in [-0.39, 0.29) is 11.3 Å². The molecule has 30 heavy (non-hydrogen) atoms. The van der Waals surface area contributed by atoms with Gasteiger partial charge in [0.1, 0.15) is 0 Å². The van der Waals surface area contributed by atoms with Crippen LogP contribution in [0.15, 0.2) is 66.7 Å². The molecule has 6 nitrogen and oxygen atoms in total. The average molecular weight is 401 g/mol. The highest BCUT2D eigenvalue weighted by Gasteiger charge is 2.31. The third-order valence-corrected chi connectivity index (χ3v) is 4.97. The molecule has 0 radical (unpaired) electrons. The maximum Gasteiger partial charge on any atom is 0.335 e. The van der Waals surface area contributed by atoms with Crippen molar-refractivity contribution in [1.82, 2.24) is 0 Å². The number of hydrogen-bond acceptors (Lipinski definition) is 5. The molecule has 0 unspecified atom stereocenters. The molecule has 0 saturated heterocycles. The van der Waals surface area contributed by atoms with Crippen LogP contribution in [0.25, 0.3) is 11.3 Å².